The van der Waals surface area contributed by atoms with Gasteiger partial charge in [0.25, 0.3) is 0 Å². The molecule has 100 valence electrons. The van der Waals surface area contributed by atoms with Crippen LogP contribution in [0, 0.1) is 29.6 Å². The zero-order chi connectivity index (χ0) is 12.6. The smallest absolute Gasteiger partial charge is 0.0576 e. The van der Waals surface area contributed by atoms with Crippen molar-refractivity contribution < 1.29 is 10.2 Å². The van der Waals surface area contributed by atoms with E-state index in [0.717, 1.165) is 25.7 Å². The first-order valence-electron chi connectivity index (χ1n) is 7.36. The summed E-state index contributed by atoms with van der Waals surface area (Å²) in [6.07, 6.45) is 5.17. The van der Waals surface area contributed by atoms with Crippen LogP contribution in [0.15, 0.2) is 0 Å². The quantitative estimate of drug-likeness (QED) is 0.779. The van der Waals surface area contributed by atoms with Crippen LogP contribution in [0.1, 0.15) is 52.9 Å². The molecule has 0 aromatic heterocycles. The molecule has 0 aliphatic heterocycles. The van der Waals surface area contributed by atoms with Crippen molar-refractivity contribution in [3.63, 3.8) is 0 Å². The molecule has 17 heavy (non-hydrogen) atoms. The minimum Gasteiger partial charge on any atom is -0.393 e. The van der Waals surface area contributed by atoms with Gasteiger partial charge in [0.1, 0.15) is 0 Å². The molecule has 2 aliphatic rings. The molecule has 0 radical (unpaired) electrons. The summed E-state index contributed by atoms with van der Waals surface area (Å²) < 4.78 is 0. The van der Waals surface area contributed by atoms with Gasteiger partial charge in [-0.15, -0.1) is 0 Å². The first kappa shape index (κ1) is 13.4. The normalized spacial score (nSPS) is 47.6. The van der Waals surface area contributed by atoms with Crippen molar-refractivity contribution in [2.24, 2.45) is 29.6 Å². The summed E-state index contributed by atoms with van der Waals surface area (Å²) in [6, 6.07) is 0. The average molecular weight is 240 g/mol. The van der Waals surface area contributed by atoms with E-state index in [1.807, 2.05) is 0 Å². The largest absolute Gasteiger partial charge is 0.393 e. The van der Waals surface area contributed by atoms with Gasteiger partial charge in [-0.1, -0.05) is 27.2 Å². The maximum absolute atomic E-state index is 10.3. The molecule has 2 heteroatoms. The summed E-state index contributed by atoms with van der Waals surface area (Å²) in [5, 5.41) is 20.5. The molecule has 0 aromatic carbocycles. The second kappa shape index (κ2) is 5.27. The molecule has 0 saturated heterocycles. The lowest BCUT2D eigenvalue weighted by Gasteiger charge is -2.44. The van der Waals surface area contributed by atoms with Crippen LogP contribution in [-0.2, 0) is 0 Å². The van der Waals surface area contributed by atoms with Crippen molar-refractivity contribution in [3.05, 3.63) is 0 Å². The highest BCUT2D eigenvalue weighted by Crippen LogP contribution is 2.46. The Kier molecular flexibility index (Phi) is 4.14. The Morgan fingerprint density at radius 2 is 1.65 bits per heavy atom. The number of aliphatic hydroxyl groups excluding tert-OH is 2. The van der Waals surface area contributed by atoms with E-state index < -0.39 is 0 Å². The molecule has 0 spiro atoms. The van der Waals surface area contributed by atoms with Crippen molar-refractivity contribution in [2.45, 2.75) is 65.1 Å². The Morgan fingerprint density at radius 1 is 0.941 bits per heavy atom. The first-order valence-corrected chi connectivity index (χ1v) is 7.36. The standard InChI is InChI=1S/C15H28O2/c1-9(2)15-12(7-10(3)8-14(15)17)11-5-4-6-13(11)16/h9-17H,4-8H2,1-3H3. The SMILES string of the molecule is CC1CC(O)C(C(C)C)C(C2CCCC2O)C1. The van der Waals surface area contributed by atoms with E-state index in [9.17, 15) is 10.2 Å². The lowest BCUT2D eigenvalue weighted by atomic mass is 9.63. The molecule has 2 N–H and O–H groups in total. The topological polar surface area (TPSA) is 40.5 Å². The zero-order valence-electron chi connectivity index (χ0n) is 11.5. The molecule has 0 bridgehead atoms. The molecule has 6 atom stereocenters. The van der Waals surface area contributed by atoms with Crippen molar-refractivity contribution in [3.8, 4) is 0 Å². The number of aliphatic hydroxyl groups is 2. The van der Waals surface area contributed by atoms with Gasteiger partial charge < -0.3 is 10.2 Å². The van der Waals surface area contributed by atoms with Crippen molar-refractivity contribution in [1.82, 2.24) is 0 Å². The molecule has 2 saturated carbocycles. The van der Waals surface area contributed by atoms with Crippen molar-refractivity contribution in [1.29, 1.82) is 0 Å². The summed E-state index contributed by atoms with van der Waals surface area (Å²) in [5.74, 6) is 2.50. The molecule has 2 nitrogen and oxygen atoms in total. The fraction of sp³-hybridized carbons (Fsp3) is 1.00. The van der Waals surface area contributed by atoms with Gasteiger partial charge in [-0.2, -0.15) is 0 Å². The summed E-state index contributed by atoms with van der Waals surface area (Å²) >= 11 is 0. The van der Waals surface area contributed by atoms with Crippen LogP contribution < -0.4 is 0 Å². The lowest BCUT2D eigenvalue weighted by Crippen LogP contribution is -2.43. The highest BCUT2D eigenvalue weighted by molar-refractivity contribution is 4.93. The minimum absolute atomic E-state index is 0.112. The predicted molar refractivity (Wildman–Crippen MR) is 69.6 cm³/mol. The van der Waals surface area contributed by atoms with Gasteiger partial charge in [-0.3, -0.25) is 0 Å². The van der Waals surface area contributed by atoms with E-state index in [-0.39, 0.29) is 12.2 Å². The number of hydrogen-bond donors (Lipinski definition) is 2. The van der Waals surface area contributed by atoms with Crippen LogP contribution in [0.4, 0.5) is 0 Å². The second-order valence-electron chi connectivity index (χ2n) is 6.79. The Hall–Kier alpha value is -0.0800. The molecule has 6 unspecified atom stereocenters. The van der Waals surface area contributed by atoms with Gasteiger partial charge in [0.15, 0.2) is 0 Å². The molecule has 2 fully saturated rings. The molecular weight excluding hydrogens is 212 g/mol. The minimum atomic E-state index is -0.156. The lowest BCUT2D eigenvalue weighted by molar-refractivity contribution is -0.0516. The highest BCUT2D eigenvalue weighted by atomic mass is 16.3. The third kappa shape index (κ3) is 2.68. The van der Waals surface area contributed by atoms with E-state index >= 15 is 0 Å². The van der Waals surface area contributed by atoms with Gasteiger partial charge in [0, 0.05) is 0 Å². The maximum Gasteiger partial charge on any atom is 0.0576 e. The molecule has 2 rings (SSSR count). The number of rotatable bonds is 2. The van der Waals surface area contributed by atoms with E-state index in [4.69, 9.17) is 0 Å². The van der Waals surface area contributed by atoms with Crippen LogP contribution in [0.25, 0.3) is 0 Å². The third-order valence-corrected chi connectivity index (χ3v) is 5.11. The number of hydrogen-bond acceptors (Lipinski definition) is 2. The molecule has 2 aliphatic carbocycles. The average Bonchev–Trinajstić information content (AvgIpc) is 2.62. The Morgan fingerprint density at radius 3 is 2.18 bits per heavy atom. The van der Waals surface area contributed by atoms with Gasteiger partial charge >= 0.3 is 0 Å². The molecule has 0 aromatic rings. The fourth-order valence-corrected chi connectivity index (χ4v) is 4.44. The van der Waals surface area contributed by atoms with Crippen LogP contribution in [0.3, 0.4) is 0 Å². The van der Waals surface area contributed by atoms with E-state index in [1.54, 1.807) is 0 Å². The first-order chi connectivity index (χ1) is 8.00. The Labute approximate surface area is 105 Å². The molecule has 0 amide bonds. The van der Waals surface area contributed by atoms with Gasteiger partial charge in [0.05, 0.1) is 12.2 Å². The highest BCUT2D eigenvalue weighted by Gasteiger charge is 2.44. The fourth-order valence-electron chi connectivity index (χ4n) is 4.44. The molecule has 0 heterocycles. The third-order valence-electron chi connectivity index (χ3n) is 5.11. The van der Waals surface area contributed by atoms with Crippen LogP contribution in [-0.4, -0.2) is 22.4 Å². The Bertz CT molecular complexity index is 251. The van der Waals surface area contributed by atoms with E-state index in [2.05, 4.69) is 20.8 Å². The predicted octanol–water partition coefficient (Wildman–Crippen LogP) is 2.83. The summed E-state index contributed by atoms with van der Waals surface area (Å²) in [4.78, 5) is 0. The van der Waals surface area contributed by atoms with Crippen LogP contribution >= 0.6 is 0 Å². The Balaban J connectivity index is 2.15. The van der Waals surface area contributed by atoms with Gasteiger partial charge in [-0.25, -0.2) is 0 Å². The van der Waals surface area contributed by atoms with Gasteiger partial charge in [-0.05, 0) is 55.3 Å². The summed E-state index contributed by atoms with van der Waals surface area (Å²) in [6.45, 7) is 6.69. The summed E-state index contributed by atoms with van der Waals surface area (Å²) in [7, 11) is 0. The maximum atomic E-state index is 10.3. The zero-order valence-corrected chi connectivity index (χ0v) is 11.5. The van der Waals surface area contributed by atoms with Crippen molar-refractivity contribution in [2.75, 3.05) is 0 Å². The molecular formula is C15H28O2. The van der Waals surface area contributed by atoms with Crippen molar-refractivity contribution >= 4 is 0 Å². The van der Waals surface area contributed by atoms with Gasteiger partial charge in [0.2, 0.25) is 0 Å². The van der Waals surface area contributed by atoms with Crippen LogP contribution in [0.5, 0.6) is 0 Å². The van der Waals surface area contributed by atoms with E-state index in [0.29, 0.717) is 29.6 Å². The summed E-state index contributed by atoms with van der Waals surface area (Å²) in [5.41, 5.74) is 0. The second-order valence-corrected chi connectivity index (χ2v) is 6.79. The van der Waals surface area contributed by atoms with E-state index in [1.165, 1.54) is 6.42 Å². The van der Waals surface area contributed by atoms with Crippen LogP contribution in [0.2, 0.25) is 0 Å². The monoisotopic (exact) mass is 240 g/mol.